The highest BCUT2D eigenvalue weighted by Gasteiger charge is 2.14. The maximum Gasteiger partial charge on any atom is 0.271 e. The number of anilines is 2. The van der Waals surface area contributed by atoms with Gasteiger partial charge in [-0.2, -0.15) is 5.10 Å². The smallest absolute Gasteiger partial charge is 0.271 e. The Kier molecular flexibility index (Phi) is 4.54. The lowest BCUT2D eigenvalue weighted by Gasteiger charge is -2.10. The van der Waals surface area contributed by atoms with Crippen LogP contribution in [0.3, 0.4) is 0 Å². The summed E-state index contributed by atoms with van der Waals surface area (Å²) in [5, 5.41) is 10.5. The highest BCUT2D eigenvalue weighted by atomic mass is 32.1. The fourth-order valence-electron chi connectivity index (χ4n) is 1.86. The summed E-state index contributed by atoms with van der Waals surface area (Å²) < 4.78 is 1.62. The summed E-state index contributed by atoms with van der Waals surface area (Å²) in [6, 6.07) is 7.81. The van der Waals surface area contributed by atoms with Gasteiger partial charge in [0.05, 0.1) is 5.69 Å². The number of carbonyl (C=O) groups excluding carboxylic acids is 1. The first-order chi connectivity index (χ1) is 9.99. The quantitative estimate of drug-likeness (QED) is 0.753. The minimum atomic E-state index is -0.594. The standard InChI is InChI=1S/C14H17N5OS/c1-3-19-8-11(12(18-19)13(15)20)17-14(21)16-10-6-4-5-9(2)7-10/h4-8H,3H2,1-2H3,(H2,15,20)(H2,16,17,21). The summed E-state index contributed by atoms with van der Waals surface area (Å²) in [7, 11) is 0. The summed E-state index contributed by atoms with van der Waals surface area (Å²) in [4.78, 5) is 11.4. The van der Waals surface area contributed by atoms with E-state index in [0.717, 1.165) is 11.3 Å². The van der Waals surface area contributed by atoms with Crippen LogP contribution < -0.4 is 16.4 Å². The third-order valence-corrected chi connectivity index (χ3v) is 3.05. The second-order valence-corrected chi connectivity index (χ2v) is 4.97. The highest BCUT2D eigenvalue weighted by molar-refractivity contribution is 7.80. The van der Waals surface area contributed by atoms with Gasteiger partial charge in [-0.1, -0.05) is 12.1 Å². The summed E-state index contributed by atoms with van der Waals surface area (Å²) in [6.45, 7) is 4.56. The Morgan fingerprint density at radius 3 is 2.81 bits per heavy atom. The van der Waals surface area contributed by atoms with E-state index in [-0.39, 0.29) is 5.69 Å². The number of rotatable bonds is 4. The fourth-order valence-corrected chi connectivity index (χ4v) is 2.09. The van der Waals surface area contributed by atoms with Crippen molar-refractivity contribution in [1.82, 2.24) is 9.78 Å². The first-order valence-corrected chi connectivity index (χ1v) is 6.92. The van der Waals surface area contributed by atoms with Gasteiger partial charge >= 0.3 is 0 Å². The Bertz CT molecular complexity index is 680. The molecular weight excluding hydrogens is 286 g/mol. The molecule has 0 radical (unpaired) electrons. The predicted molar refractivity (Wildman–Crippen MR) is 87.4 cm³/mol. The first kappa shape index (κ1) is 15.0. The van der Waals surface area contributed by atoms with Crippen LogP contribution in [0.5, 0.6) is 0 Å². The predicted octanol–water partition coefficient (Wildman–Crippen LogP) is 2.12. The molecule has 6 nitrogen and oxygen atoms in total. The summed E-state index contributed by atoms with van der Waals surface area (Å²) in [5.41, 5.74) is 7.97. The number of thiocarbonyl (C=S) groups is 1. The van der Waals surface area contributed by atoms with Crippen molar-refractivity contribution in [2.24, 2.45) is 5.73 Å². The molecule has 2 aromatic rings. The molecule has 0 unspecified atom stereocenters. The van der Waals surface area contributed by atoms with Crippen molar-refractivity contribution < 1.29 is 4.79 Å². The molecule has 7 heteroatoms. The molecule has 110 valence electrons. The number of nitrogens with zero attached hydrogens (tertiary/aromatic N) is 2. The molecule has 1 aromatic heterocycles. The minimum Gasteiger partial charge on any atom is -0.364 e. The van der Waals surface area contributed by atoms with Gasteiger partial charge in [-0.05, 0) is 43.8 Å². The number of aromatic nitrogens is 2. The zero-order valence-electron chi connectivity index (χ0n) is 11.9. The van der Waals surface area contributed by atoms with Crippen molar-refractivity contribution in [2.45, 2.75) is 20.4 Å². The molecule has 1 aromatic carbocycles. The van der Waals surface area contributed by atoms with Gasteiger partial charge in [0.2, 0.25) is 0 Å². The number of primary amides is 1. The van der Waals surface area contributed by atoms with Crippen LogP contribution in [0.25, 0.3) is 0 Å². The van der Waals surface area contributed by atoms with E-state index < -0.39 is 5.91 Å². The van der Waals surface area contributed by atoms with Crippen LogP contribution in [-0.2, 0) is 6.54 Å². The van der Waals surface area contributed by atoms with Crippen molar-refractivity contribution in [3.05, 3.63) is 41.7 Å². The van der Waals surface area contributed by atoms with E-state index in [1.54, 1.807) is 10.9 Å². The summed E-state index contributed by atoms with van der Waals surface area (Å²) in [5.74, 6) is -0.594. The molecule has 1 heterocycles. The lowest BCUT2D eigenvalue weighted by molar-refractivity contribution is 0.0995. The zero-order chi connectivity index (χ0) is 15.4. The molecule has 4 N–H and O–H groups in total. The molecule has 0 fully saturated rings. The van der Waals surface area contributed by atoms with E-state index in [1.807, 2.05) is 38.1 Å². The average molecular weight is 303 g/mol. The van der Waals surface area contributed by atoms with Gasteiger partial charge in [0.15, 0.2) is 10.8 Å². The molecule has 2 rings (SSSR count). The van der Waals surface area contributed by atoms with Crippen LogP contribution in [0.4, 0.5) is 11.4 Å². The molecule has 0 aliphatic rings. The second-order valence-electron chi connectivity index (χ2n) is 4.56. The number of nitrogens with one attached hydrogen (secondary N) is 2. The van der Waals surface area contributed by atoms with Gasteiger partial charge in [-0.3, -0.25) is 9.48 Å². The maximum atomic E-state index is 11.4. The Morgan fingerprint density at radius 2 is 2.19 bits per heavy atom. The molecule has 0 spiro atoms. The number of hydrogen-bond donors (Lipinski definition) is 3. The van der Waals surface area contributed by atoms with Gasteiger partial charge in [-0.15, -0.1) is 0 Å². The number of hydrogen-bond acceptors (Lipinski definition) is 3. The van der Waals surface area contributed by atoms with E-state index in [2.05, 4.69) is 15.7 Å². The lowest BCUT2D eigenvalue weighted by Crippen LogP contribution is -2.21. The van der Waals surface area contributed by atoms with E-state index in [4.69, 9.17) is 18.0 Å². The van der Waals surface area contributed by atoms with Gasteiger partial charge < -0.3 is 16.4 Å². The van der Waals surface area contributed by atoms with Crippen LogP contribution in [0.15, 0.2) is 30.5 Å². The molecule has 0 aliphatic carbocycles. The number of amides is 1. The molecule has 1 amide bonds. The van der Waals surface area contributed by atoms with Gasteiger partial charge in [-0.25, -0.2) is 0 Å². The molecule has 21 heavy (non-hydrogen) atoms. The normalized spacial score (nSPS) is 10.2. The van der Waals surface area contributed by atoms with Crippen LogP contribution in [0, 0.1) is 6.92 Å². The molecule has 0 saturated heterocycles. The fraction of sp³-hybridized carbons (Fsp3) is 0.214. The van der Waals surface area contributed by atoms with Crippen LogP contribution in [0.1, 0.15) is 23.0 Å². The topological polar surface area (TPSA) is 85.0 Å². The average Bonchev–Trinajstić information content (AvgIpc) is 2.81. The molecular formula is C14H17N5OS. The van der Waals surface area contributed by atoms with Crippen LogP contribution in [0.2, 0.25) is 0 Å². The van der Waals surface area contributed by atoms with E-state index in [0.29, 0.717) is 17.3 Å². The first-order valence-electron chi connectivity index (χ1n) is 6.51. The monoisotopic (exact) mass is 303 g/mol. The van der Waals surface area contributed by atoms with E-state index >= 15 is 0 Å². The van der Waals surface area contributed by atoms with Crippen molar-refractivity contribution in [3.8, 4) is 0 Å². The van der Waals surface area contributed by atoms with E-state index in [9.17, 15) is 4.79 Å². The lowest BCUT2D eigenvalue weighted by atomic mass is 10.2. The Hall–Kier alpha value is -2.41. The summed E-state index contributed by atoms with van der Waals surface area (Å²) in [6.07, 6.45) is 1.70. The van der Waals surface area contributed by atoms with Crippen molar-refractivity contribution >= 4 is 34.6 Å². The van der Waals surface area contributed by atoms with Gasteiger partial charge in [0.25, 0.3) is 5.91 Å². The van der Waals surface area contributed by atoms with Crippen molar-refractivity contribution in [1.29, 1.82) is 0 Å². The summed E-state index contributed by atoms with van der Waals surface area (Å²) >= 11 is 5.24. The van der Waals surface area contributed by atoms with Crippen LogP contribution in [-0.4, -0.2) is 20.8 Å². The Balaban J connectivity index is 2.12. The maximum absolute atomic E-state index is 11.4. The molecule has 0 saturated carbocycles. The molecule has 0 aliphatic heterocycles. The van der Waals surface area contributed by atoms with Crippen molar-refractivity contribution in [3.63, 3.8) is 0 Å². The number of nitrogens with two attached hydrogens (primary N) is 1. The third kappa shape index (κ3) is 3.79. The zero-order valence-corrected chi connectivity index (χ0v) is 12.7. The molecule has 0 atom stereocenters. The van der Waals surface area contributed by atoms with Crippen molar-refractivity contribution in [2.75, 3.05) is 10.6 Å². The SMILES string of the molecule is CCn1cc(NC(=S)Nc2cccc(C)c2)c(C(N)=O)n1. The minimum absolute atomic E-state index is 0.172. The highest BCUT2D eigenvalue weighted by Crippen LogP contribution is 2.15. The second kappa shape index (κ2) is 6.36. The third-order valence-electron chi connectivity index (χ3n) is 2.84. The Labute approximate surface area is 128 Å². The number of aryl methyl sites for hydroxylation is 2. The van der Waals surface area contributed by atoms with Crippen LogP contribution >= 0.6 is 12.2 Å². The van der Waals surface area contributed by atoms with Gasteiger partial charge in [0.1, 0.15) is 0 Å². The van der Waals surface area contributed by atoms with E-state index in [1.165, 1.54) is 0 Å². The number of benzene rings is 1. The Morgan fingerprint density at radius 1 is 1.43 bits per heavy atom. The largest absolute Gasteiger partial charge is 0.364 e. The van der Waals surface area contributed by atoms with Gasteiger partial charge in [0, 0.05) is 18.4 Å². The number of carbonyl (C=O) groups is 1. The molecule has 0 bridgehead atoms.